The Labute approximate surface area is 159 Å². The van der Waals surface area contributed by atoms with Crippen LogP contribution in [-0.2, 0) is 9.59 Å². The third-order valence-corrected chi connectivity index (χ3v) is 3.75. The van der Waals surface area contributed by atoms with Crippen molar-refractivity contribution < 1.29 is 19.1 Å². The summed E-state index contributed by atoms with van der Waals surface area (Å²) in [7, 11) is 1.43. The summed E-state index contributed by atoms with van der Waals surface area (Å²) < 4.78 is 11.1. The Morgan fingerprint density at radius 1 is 1.15 bits per heavy atom. The summed E-state index contributed by atoms with van der Waals surface area (Å²) >= 11 is 3.31. The predicted octanol–water partition coefficient (Wildman–Crippen LogP) is 3.93. The number of ether oxygens (including phenoxy) is 2. The normalized spacial score (nSPS) is 10.6. The van der Waals surface area contributed by atoms with Crippen LogP contribution in [0.4, 0.5) is 5.69 Å². The summed E-state index contributed by atoms with van der Waals surface area (Å²) in [5.41, 5.74) is 1.05. The number of benzene rings is 2. The van der Waals surface area contributed by atoms with Gasteiger partial charge in [0.15, 0.2) is 11.5 Å². The maximum absolute atomic E-state index is 12.3. The van der Waals surface area contributed by atoms with E-state index < -0.39 is 11.9 Å². The zero-order chi connectivity index (χ0) is 19.1. The number of rotatable bonds is 5. The van der Waals surface area contributed by atoms with Crippen LogP contribution >= 0.6 is 15.9 Å². The van der Waals surface area contributed by atoms with Crippen molar-refractivity contribution in [2.75, 3.05) is 12.4 Å². The Morgan fingerprint density at radius 2 is 1.85 bits per heavy atom. The number of carbonyl (C=O) groups excluding carboxylic acids is 2. The minimum atomic E-state index is -0.530. The molecule has 1 N–H and O–H groups in total. The van der Waals surface area contributed by atoms with E-state index in [1.54, 1.807) is 36.4 Å². The van der Waals surface area contributed by atoms with E-state index >= 15 is 0 Å². The summed E-state index contributed by atoms with van der Waals surface area (Å²) in [6, 6.07) is 13.6. The van der Waals surface area contributed by atoms with E-state index in [9.17, 15) is 14.9 Å². The molecule has 0 aliphatic carbocycles. The highest BCUT2D eigenvalue weighted by molar-refractivity contribution is 9.10. The molecule has 2 aromatic carbocycles. The van der Waals surface area contributed by atoms with E-state index in [0.717, 1.165) is 4.47 Å². The van der Waals surface area contributed by atoms with E-state index in [1.807, 2.05) is 6.07 Å². The van der Waals surface area contributed by atoms with Gasteiger partial charge in [0.25, 0.3) is 5.91 Å². The standard InChI is InChI=1S/C19H15BrN2O4/c1-12(23)26-17-8-3-13(10-18(17)25-2)9-14(11-21)19(24)22-16-6-4-15(20)5-7-16/h3-10H,1-2H3,(H,22,24)/b14-9-. The highest BCUT2D eigenvalue weighted by Gasteiger charge is 2.12. The molecule has 1 amide bonds. The van der Waals surface area contributed by atoms with Crippen molar-refractivity contribution >= 4 is 39.6 Å². The first-order valence-electron chi connectivity index (χ1n) is 7.48. The van der Waals surface area contributed by atoms with Crippen LogP contribution in [0.1, 0.15) is 12.5 Å². The van der Waals surface area contributed by atoms with Crippen molar-refractivity contribution in [1.82, 2.24) is 0 Å². The Balaban J connectivity index is 2.24. The summed E-state index contributed by atoms with van der Waals surface area (Å²) in [5, 5.41) is 11.9. The van der Waals surface area contributed by atoms with Gasteiger partial charge in [0.1, 0.15) is 11.6 Å². The largest absolute Gasteiger partial charge is 0.493 e. The zero-order valence-corrected chi connectivity index (χ0v) is 15.7. The van der Waals surface area contributed by atoms with Gasteiger partial charge in [-0.2, -0.15) is 5.26 Å². The van der Waals surface area contributed by atoms with Crippen molar-refractivity contribution in [2.45, 2.75) is 6.92 Å². The molecule has 0 fully saturated rings. The molecule has 0 bridgehead atoms. The number of halogens is 1. The first kappa shape index (κ1) is 19.2. The van der Waals surface area contributed by atoms with Gasteiger partial charge >= 0.3 is 5.97 Å². The van der Waals surface area contributed by atoms with Crippen molar-refractivity contribution in [3.63, 3.8) is 0 Å². The molecule has 0 aromatic heterocycles. The van der Waals surface area contributed by atoms with E-state index in [1.165, 1.54) is 26.2 Å². The molecule has 132 valence electrons. The monoisotopic (exact) mass is 414 g/mol. The van der Waals surface area contributed by atoms with E-state index in [2.05, 4.69) is 21.2 Å². The third kappa shape index (κ3) is 5.19. The Bertz CT molecular complexity index is 899. The predicted molar refractivity (Wildman–Crippen MR) is 101 cm³/mol. The number of nitrogens with one attached hydrogen (secondary N) is 1. The van der Waals surface area contributed by atoms with Gasteiger partial charge < -0.3 is 14.8 Å². The van der Waals surface area contributed by atoms with Gasteiger partial charge in [0.05, 0.1) is 7.11 Å². The van der Waals surface area contributed by atoms with Crippen molar-refractivity contribution in [2.24, 2.45) is 0 Å². The SMILES string of the molecule is COc1cc(/C=C(/C#N)C(=O)Nc2ccc(Br)cc2)ccc1OC(C)=O. The molecule has 0 radical (unpaired) electrons. The number of methoxy groups -OCH3 is 1. The quantitative estimate of drug-likeness (QED) is 0.346. The molecule has 0 atom stereocenters. The average Bonchev–Trinajstić information content (AvgIpc) is 2.62. The molecule has 0 saturated heterocycles. The van der Waals surface area contributed by atoms with Crippen molar-refractivity contribution in [3.05, 3.63) is 58.1 Å². The van der Waals surface area contributed by atoms with Crippen LogP contribution in [0, 0.1) is 11.3 Å². The lowest BCUT2D eigenvalue weighted by Gasteiger charge is -2.09. The fraction of sp³-hybridized carbons (Fsp3) is 0.105. The minimum Gasteiger partial charge on any atom is -0.493 e. The van der Waals surface area contributed by atoms with Crippen molar-refractivity contribution in [3.8, 4) is 17.6 Å². The Morgan fingerprint density at radius 3 is 2.42 bits per heavy atom. The molecular formula is C19H15BrN2O4. The molecule has 2 rings (SSSR count). The minimum absolute atomic E-state index is 0.0739. The number of carbonyl (C=O) groups is 2. The van der Waals surface area contributed by atoms with E-state index in [-0.39, 0.29) is 11.3 Å². The fourth-order valence-corrected chi connectivity index (χ4v) is 2.32. The molecule has 0 heterocycles. The zero-order valence-electron chi connectivity index (χ0n) is 14.1. The number of esters is 1. The average molecular weight is 415 g/mol. The summed E-state index contributed by atoms with van der Waals surface area (Å²) in [6.07, 6.45) is 1.42. The summed E-state index contributed by atoms with van der Waals surface area (Å²) in [4.78, 5) is 23.4. The van der Waals surface area contributed by atoms with Crippen LogP contribution < -0.4 is 14.8 Å². The highest BCUT2D eigenvalue weighted by Crippen LogP contribution is 2.29. The lowest BCUT2D eigenvalue weighted by molar-refractivity contribution is -0.132. The van der Waals surface area contributed by atoms with E-state index in [0.29, 0.717) is 17.0 Å². The Kier molecular flexibility index (Phi) is 6.53. The molecular weight excluding hydrogens is 400 g/mol. The van der Waals surface area contributed by atoms with Crippen LogP contribution in [0.3, 0.4) is 0 Å². The second-order valence-corrected chi connectivity index (χ2v) is 6.05. The van der Waals surface area contributed by atoms with Gasteiger partial charge in [0.2, 0.25) is 0 Å². The summed E-state index contributed by atoms with van der Waals surface area (Å²) in [5.74, 6) is -0.425. The van der Waals surface area contributed by atoms with Gasteiger partial charge in [-0.3, -0.25) is 9.59 Å². The molecule has 26 heavy (non-hydrogen) atoms. The second kappa shape index (κ2) is 8.83. The van der Waals surface area contributed by atoms with Crippen LogP contribution in [0.5, 0.6) is 11.5 Å². The van der Waals surface area contributed by atoms with Gasteiger partial charge in [-0.25, -0.2) is 0 Å². The number of nitriles is 1. The second-order valence-electron chi connectivity index (χ2n) is 5.13. The number of nitrogens with zero attached hydrogens (tertiary/aromatic N) is 1. The number of hydrogen-bond donors (Lipinski definition) is 1. The number of hydrogen-bond acceptors (Lipinski definition) is 5. The third-order valence-electron chi connectivity index (χ3n) is 3.22. The highest BCUT2D eigenvalue weighted by atomic mass is 79.9. The smallest absolute Gasteiger partial charge is 0.308 e. The molecule has 0 unspecified atom stereocenters. The maximum atomic E-state index is 12.3. The van der Waals surface area contributed by atoms with E-state index in [4.69, 9.17) is 9.47 Å². The Hall–Kier alpha value is -3.11. The van der Waals surface area contributed by atoms with Gasteiger partial charge in [-0.05, 0) is 48.0 Å². The van der Waals surface area contributed by atoms with Gasteiger partial charge in [-0.1, -0.05) is 22.0 Å². The van der Waals surface area contributed by atoms with Gasteiger partial charge in [-0.15, -0.1) is 0 Å². The van der Waals surface area contributed by atoms with Gasteiger partial charge in [0, 0.05) is 17.1 Å². The number of amides is 1. The fourth-order valence-electron chi connectivity index (χ4n) is 2.06. The maximum Gasteiger partial charge on any atom is 0.308 e. The molecule has 0 aliphatic rings. The molecule has 7 heteroatoms. The van der Waals surface area contributed by atoms with Crippen LogP contribution in [0.15, 0.2) is 52.5 Å². The van der Waals surface area contributed by atoms with Crippen LogP contribution in [-0.4, -0.2) is 19.0 Å². The van der Waals surface area contributed by atoms with Crippen LogP contribution in [0.2, 0.25) is 0 Å². The summed E-state index contributed by atoms with van der Waals surface area (Å²) in [6.45, 7) is 1.29. The topological polar surface area (TPSA) is 88.4 Å². The molecule has 2 aromatic rings. The molecule has 0 spiro atoms. The lowest BCUT2D eigenvalue weighted by atomic mass is 10.1. The number of anilines is 1. The lowest BCUT2D eigenvalue weighted by Crippen LogP contribution is -2.13. The first-order chi connectivity index (χ1) is 12.4. The molecule has 0 saturated carbocycles. The molecule has 0 aliphatic heterocycles. The first-order valence-corrected chi connectivity index (χ1v) is 8.27. The molecule has 6 nitrogen and oxygen atoms in total. The van der Waals surface area contributed by atoms with Crippen molar-refractivity contribution in [1.29, 1.82) is 5.26 Å². The van der Waals surface area contributed by atoms with Crippen LogP contribution in [0.25, 0.3) is 6.08 Å².